The molecule has 0 fully saturated rings. The van der Waals surface area contributed by atoms with Gasteiger partial charge in [-0.2, -0.15) is 4.81 Å². The summed E-state index contributed by atoms with van der Waals surface area (Å²) in [6.07, 6.45) is 0. The highest BCUT2D eigenvalue weighted by Gasteiger charge is 2.07. The van der Waals surface area contributed by atoms with Gasteiger partial charge in [0.25, 0.3) is 0 Å². The highest BCUT2D eigenvalue weighted by Crippen LogP contribution is 2.14. The van der Waals surface area contributed by atoms with Crippen molar-refractivity contribution in [3.05, 3.63) is 35.5 Å². The zero-order valence-corrected chi connectivity index (χ0v) is 5.69. The van der Waals surface area contributed by atoms with E-state index in [9.17, 15) is 5.21 Å². The molecule has 0 aromatic heterocycles. The Kier molecular flexibility index (Phi) is 1.72. The quantitative estimate of drug-likeness (QED) is 0.473. The lowest BCUT2D eigenvalue weighted by atomic mass is 10.3. The van der Waals surface area contributed by atoms with Gasteiger partial charge in [0.1, 0.15) is 7.05 Å². The number of hydrogen-bond acceptors (Lipinski definition) is 2. The first-order valence-electron chi connectivity index (χ1n) is 2.96. The third-order valence-electron chi connectivity index (χ3n) is 1.24. The SMILES string of the molecule is C[N+]([O-])(O)c1ccccc1. The molecule has 0 amide bonds. The van der Waals surface area contributed by atoms with Crippen LogP contribution in [0.1, 0.15) is 0 Å². The summed E-state index contributed by atoms with van der Waals surface area (Å²) in [6, 6.07) is 8.36. The maximum absolute atomic E-state index is 10.8. The van der Waals surface area contributed by atoms with Crippen LogP contribution in [0, 0.1) is 5.21 Å². The monoisotopic (exact) mass is 139 g/mol. The van der Waals surface area contributed by atoms with E-state index in [1.54, 1.807) is 30.3 Å². The molecule has 0 aliphatic heterocycles. The number of rotatable bonds is 1. The Morgan fingerprint density at radius 3 is 2.10 bits per heavy atom. The maximum atomic E-state index is 10.8. The molecule has 3 heteroatoms. The molecule has 10 heavy (non-hydrogen) atoms. The van der Waals surface area contributed by atoms with Crippen LogP contribution in [-0.4, -0.2) is 12.3 Å². The Bertz CT molecular complexity index is 203. The predicted molar refractivity (Wildman–Crippen MR) is 39.3 cm³/mol. The minimum absolute atomic E-state index is 0.336. The summed E-state index contributed by atoms with van der Waals surface area (Å²) >= 11 is 0. The second kappa shape index (κ2) is 2.38. The molecule has 0 saturated carbocycles. The van der Waals surface area contributed by atoms with Crippen molar-refractivity contribution in [3.63, 3.8) is 0 Å². The van der Waals surface area contributed by atoms with Gasteiger partial charge in [-0.1, -0.05) is 18.2 Å². The number of hydrogen-bond donors (Lipinski definition) is 1. The van der Waals surface area contributed by atoms with Crippen molar-refractivity contribution in [2.24, 2.45) is 0 Å². The minimum Gasteiger partial charge on any atom is -0.593 e. The fourth-order valence-corrected chi connectivity index (χ4v) is 0.705. The molecule has 0 saturated heterocycles. The van der Waals surface area contributed by atoms with E-state index in [0.29, 0.717) is 5.69 Å². The lowest BCUT2D eigenvalue weighted by molar-refractivity contribution is -0.00439. The van der Waals surface area contributed by atoms with Crippen molar-refractivity contribution in [1.82, 2.24) is 4.81 Å². The minimum atomic E-state index is -1.36. The summed E-state index contributed by atoms with van der Waals surface area (Å²) in [5.41, 5.74) is 0.336. The number of para-hydroxylation sites is 1. The summed E-state index contributed by atoms with van der Waals surface area (Å²) in [5.74, 6) is 0. The largest absolute Gasteiger partial charge is 0.593 e. The van der Waals surface area contributed by atoms with Gasteiger partial charge in [0, 0.05) is 12.1 Å². The molecular formula is C7H9NO2. The first-order chi connectivity index (χ1) is 4.61. The van der Waals surface area contributed by atoms with Crippen LogP contribution in [0.5, 0.6) is 0 Å². The molecule has 54 valence electrons. The normalized spacial score (nSPS) is 16.3. The van der Waals surface area contributed by atoms with Crippen LogP contribution < -0.4 is 4.81 Å². The fraction of sp³-hybridized carbons (Fsp3) is 0.143. The standard InChI is InChI=1S/C7H9NO2/c1-8(9,10)7-5-3-2-4-6-7/h2-6,9H,1H3. The number of hydroxylamine groups is 2. The van der Waals surface area contributed by atoms with Gasteiger partial charge in [0.2, 0.25) is 0 Å². The number of quaternary nitrogens is 1. The molecule has 1 atom stereocenters. The molecule has 0 heterocycles. The average molecular weight is 139 g/mol. The summed E-state index contributed by atoms with van der Waals surface area (Å²) in [4.78, 5) is -1.36. The fourth-order valence-electron chi connectivity index (χ4n) is 0.705. The molecule has 3 nitrogen and oxygen atoms in total. The molecule has 0 aliphatic rings. The molecule has 0 aliphatic carbocycles. The van der Waals surface area contributed by atoms with Gasteiger partial charge < -0.3 is 5.21 Å². The van der Waals surface area contributed by atoms with Crippen LogP contribution in [0.2, 0.25) is 0 Å². The molecule has 0 radical (unpaired) electrons. The third-order valence-corrected chi connectivity index (χ3v) is 1.24. The first-order valence-corrected chi connectivity index (χ1v) is 2.96. The summed E-state index contributed by atoms with van der Waals surface area (Å²) < 4.78 is 0. The molecular weight excluding hydrogens is 130 g/mol. The van der Waals surface area contributed by atoms with Crippen LogP contribution in [0.25, 0.3) is 0 Å². The zero-order chi connectivity index (χ0) is 7.61. The van der Waals surface area contributed by atoms with E-state index < -0.39 is 4.81 Å². The van der Waals surface area contributed by atoms with Crippen molar-refractivity contribution in [2.45, 2.75) is 0 Å². The molecule has 1 aromatic carbocycles. The summed E-state index contributed by atoms with van der Waals surface area (Å²) in [5, 5.41) is 19.7. The van der Waals surface area contributed by atoms with Crippen LogP contribution in [-0.2, 0) is 0 Å². The summed E-state index contributed by atoms with van der Waals surface area (Å²) in [6.45, 7) is 0. The highest BCUT2D eigenvalue weighted by molar-refractivity contribution is 5.39. The van der Waals surface area contributed by atoms with E-state index in [1.807, 2.05) is 0 Å². The molecule has 1 rings (SSSR count). The Balaban J connectivity index is 2.97. The third kappa shape index (κ3) is 1.54. The van der Waals surface area contributed by atoms with E-state index in [2.05, 4.69) is 0 Å². The van der Waals surface area contributed by atoms with E-state index in [-0.39, 0.29) is 0 Å². The van der Waals surface area contributed by atoms with Crippen molar-refractivity contribution >= 4 is 5.69 Å². The Morgan fingerprint density at radius 2 is 1.80 bits per heavy atom. The Hall–Kier alpha value is -0.900. The van der Waals surface area contributed by atoms with Crippen LogP contribution in [0.15, 0.2) is 30.3 Å². The smallest absolute Gasteiger partial charge is 0.165 e. The molecule has 0 bridgehead atoms. The van der Waals surface area contributed by atoms with E-state index in [1.165, 1.54) is 0 Å². The van der Waals surface area contributed by atoms with Crippen LogP contribution in [0.4, 0.5) is 5.69 Å². The Morgan fingerprint density at radius 1 is 1.30 bits per heavy atom. The van der Waals surface area contributed by atoms with Gasteiger partial charge in [-0.25, -0.2) is 5.21 Å². The van der Waals surface area contributed by atoms with Gasteiger partial charge >= 0.3 is 0 Å². The van der Waals surface area contributed by atoms with Crippen molar-refractivity contribution < 1.29 is 5.21 Å². The first kappa shape index (κ1) is 7.21. The molecule has 0 spiro atoms. The number of benzene rings is 1. The lowest BCUT2D eigenvalue weighted by Gasteiger charge is -2.27. The van der Waals surface area contributed by atoms with Gasteiger partial charge in [-0.15, -0.1) is 0 Å². The second-order valence-corrected chi connectivity index (χ2v) is 2.21. The maximum Gasteiger partial charge on any atom is 0.165 e. The highest BCUT2D eigenvalue weighted by atomic mass is 16.8. The second-order valence-electron chi connectivity index (χ2n) is 2.21. The van der Waals surface area contributed by atoms with Crippen LogP contribution >= 0.6 is 0 Å². The topological polar surface area (TPSA) is 43.3 Å². The van der Waals surface area contributed by atoms with Gasteiger partial charge in [0.05, 0.1) is 0 Å². The van der Waals surface area contributed by atoms with E-state index in [4.69, 9.17) is 5.21 Å². The lowest BCUT2D eigenvalue weighted by Crippen LogP contribution is -2.33. The van der Waals surface area contributed by atoms with Crippen molar-refractivity contribution in [1.29, 1.82) is 0 Å². The molecule has 1 unspecified atom stereocenters. The van der Waals surface area contributed by atoms with E-state index >= 15 is 0 Å². The summed E-state index contributed by atoms with van der Waals surface area (Å²) in [7, 11) is 1.16. The molecule has 1 N–H and O–H groups in total. The predicted octanol–water partition coefficient (Wildman–Crippen LogP) is 1.51. The zero-order valence-electron chi connectivity index (χ0n) is 5.69. The average Bonchev–Trinajstić information content (AvgIpc) is 1.88. The number of nitrogens with zero attached hydrogens (tertiary/aromatic N) is 1. The van der Waals surface area contributed by atoms with Gasteiger partial charge in [0.15, 0.2) is 5.69 Å². The Labute approximate surface area is 59.3 Å². The van der Waals surface area contributed by atoms with Crippen molar-refractivity contribution in [3.8, 4) is 0 Å². The van der Waals surface area contributed by atoms with Crippen molar-refractivity contribution in [2.75, 3.05) is 7.05 Å². The van der Waals surface area contributed by atoms with Gasteiger partial charge in [-0.05, 0) is 0 Å². The van der Waals surface area contributed by atoms with Crippen LogP contribution in [0.3, 0.4) is 0 Å². The van der Waals surface area contributed by atoms with Gasteiger partial charge in [-0.3, -0.25) is 0 Å². The molecule has 1 aromatic rings. The van der Waals surface area contributed by atoms with E-state index in [0.717, 1.165) is 7.05 Å².